The molecule has 112 valence electrons. The molecule has 1 nitrogen and oxygen atoms in total. The van der Waals surface area contributed by atoms with Crippen LogP contribution in [0.1, 0.15) is 24.8 Å². The molecule has 2 unspecified atom stereocenters. The van der Waals surface area contributed by atoms with E-state index >= 15 is 0 Å². The lowest BCUT2D eigenvalue weighted by Crippen LogP contribution is -2.26. The summed E-state index contributed by atoms with van der Waals surface area (Å²) in [5.41, 5.74) is -3.18. The predicted molar refractivity (Wildman–Crippen MR) is 80.1 cm³/mol. The van der Waals surface area contributed by atoms with E-state index in [0.717, 1.165) is 17.4 Å². The largest absolute Gasteiger partial charge is 0.446 e. The molecule has 1 N–H and O–H groups in total. The van der Waals surface area contributed by atoms with Crippen molar-refractivity contribution in [1.82, 2.24) is 5.32 Å². The van der Waals surface area contributed by atoms with Crippen LogP contribution in [-0.4, -0.2) is 23.1 Å². The molecule has 0 aromatic heterocycles. The van der Waals surface area contributed by atoms with Gasteiger partial charge in [0.05, 0.1) is 0 Å². The van der Waals surface area contributed by atoms with Crippen LogP contribution in [0.5, 0.6) is 0 Å². The summed E-state index contributed by atoms with van der Waals surface area (Å²) in [7, 11) is 0. The van der Waals surface area contributed by atoms with Gasteiger partial charge in [-0.1, -0.05) is 12.1 Å². The molecule has 6 heteroatoms. The fourth-order valence-electron chi connectivity index (χ4n) is 2.41. The van der Waals surface area contributed by atoms with Crippen LogP contribution in [0, 0.1) is 0 Å². The first-order chi connectivity index (χ1) is 9.46. The molecule has 0 bridgehead atoms. The summed E-state index contributed by atoms with van der Waals surface area (Å²) in [6.07, 6.45) is 5.76. The van der Waals surface area contributed by atoms with E-state index < -0.39 is 5.51 Å². The minimum Gasteiger partial charge on any atom is -0.310 e. The minimum atomic E-state index is -4.21. The first-order valence-electron chi connectivity index (χ1n) is 6.57. The van der Waals surface area contributed by atoms with Gasteiger partial charge in [-0.3, -0.25) is 0 Å². The molecular formula is C14H18F3NS2. The molecule has 1 saturated carbocycles. The summed E-state index contributed by atoms with van der Waals surface area (Å²) in [6, 6.07) is 7.14. The maximum Gasteiger partial charge on any atom is 0.446 e. The van der Waals surface area contributed by atoms with Crippen molar-refractivity contribution in [2.75, 3.05) is 6.26 Å². The second kappa shape index (κ2) is 7.09. The van der Waals surface area contributed by atoms with Gasteiger partial charge in [0.25, 0.3) is 0 Å². The number of nitrogens with one attached hydrogen (secondary N) is 1. The molecule has 0 amide bonds. The zero-order valence-corrected chi connectivity index (χ0v) is 12.9. The highest BCUT2D eigenvalue weighted by molar-refractivity contribution is 8.00. The normalized spacial score (nSPS) is 23.2. The third-order valence-electron chi connectivity index (χ3n) is 3.47. The van der Waals surface area contributed by atoms with Crippen LogP contribution in [0.2, 0.25) is 0 Å². The van der Waals surface area contributed by atoms with Crippen LogP contribution in [0.15, 0.2) is 29.2 Å². The van der Waals surface area contributed by atoms with Crippen molar-refractivity contribution >= 4 is 23.5 Å². The Hall–Kier alpha value is -0.330. The highest BCUT2D eigenvalue weighted by Crippen LogP contribution is 2.36. The molecule has 20 heavy (non-hydrogen) atoms. The Labute approximate surface area is 126 Å². The summed E-state index contributed by atoms with van der Waals surface area (Å²) < 4.78 is 36.6. The van der Waals surface area contributed by atoms with Gasteiger partial charge in [-0.25, -0.2) is 0 Å². The van der Waals surface area contributed by atoms with E-state index in [1.807, 2.05) is 11.8 Å². The minimum absolute atomic E-state index is 0.0671. The number of alkyl halides is 3. The molecule has 1 fully saturated rings. The van der Waals surface area contributed by atoms with Gasteiger partial charge in [-0.05, 0) is 55.0 Å². The van der Waals surface area contributed by atoms with E-state index in [-0.39, 0.29) is 16.7 Å². The highest BCUT2D eigenvalue weighted by Gasteiger charge is 2.29. The van der Waals surface area contributed by atoms with Crippen molar-refractivity contribution < 1.29 is 13.2 Å². The molecule has 0 radical (unpaired) electrons. The fourth-order valence-corrected chi connectivity index (χ4v) is 3.75. The number of hydrogen-bond acceptors (Lipinski definition) is 3. The van der Waals surface area contributed by atoms with Crippen molar-refractivity contribution in [3.05, 3.63) is 29.8 Å². The summed E-state index contributed by atoms with van der Waals surface area (Å²) >= 11 is 1.85. The van der Waals surface area contributed by atoms with Crippen molar-refractivity contribution in [2.45, 2.75) is 47.5 Å². The van der Waals surface area contributed by atoms with Crippen LogP contribution < -0.4 is 5.32 Å². The zero-order chi connectivity index (χ0) is 14.6. The molecular weight excluding hydrogens is 303 g/mol. The molecule has 0 saturated heterocycles. The van der Waals surface area contributed by atoms with Gasteiger partial charge in [0.1, 0.15) is 0 Å². The van der Waals surface area contributed by atoms with Crippen LogP contribution >= 0.6 is 23.5 Å². The molecule has 2 rings (SSSR count). The number of rotatable bonds is 5. The van der Waals surface area contributed by atoms with Crippen LogP contribution in [-0.2, 0) is 6.54 Å². The van der Waals surface area contributed by atoms with Gasteiger partial charge in [0, 0.05) is 22.7 Å². The topological polar surface area (TPSA) is 12.0 Å². The standard InChI is InChI=1S/C14H18F3NS2/c1-19-13-7-4-11(8-13)18-9-10-2-5-12(6-3-10)20-14(15,16)17/h2-3,5-6,11,13,18H,4,7-9H2,1H3. The molecule has 1 aromatic carbocycles. The van der Waals surface area contributed by atoms with Crippen molar-refractivity contribution in [1.29, 1.82) is 0 Å². The Kier molecular flexibility index (Phi) is 5.69. The van der Waals surface area contributed by atoms with Gasteiger partial charge in [-0.2, -0.15) is 24.9 Å². The van der Waals surface area contributed by atoms with Crippen molar-refractivity contribution in [3.8, 4) is 0 Å². The van der Waals surface area contributed by atoms with E-state index in [4.69, 9.17) is 0 Å². The molecule has 0 heterocycles. The molecule has 1 aliphatic carbocycles. The zero-order valence-electron chi connectivity index (χ0n) is 11.2. The molecule has 0 spiro atoms. The molecule has 1 aromatic rings. The van der Waals surface area contributed by atoms with E-state index in [9.17, 15) is 13.2 Å². The number of halogens is 3. The third-order valence-corrected chi connectivity index (χ3v) is 5.30. The predicted octanol–water partition coefficient (Wildman–Crippen LogP) is 4.67. The number of hydrogen-bond donors (Lipinski definition) is 1. The summed E-state index contributed by atoms with van der Waals surface area (Å²) in [5.74, 6) is 0. The smallest absolute Gasteiger partial charge is 0.310 e. The SMILES string of the molecule is CSC1CCC(NCc2ccc(SC(F)(F)F)cc2)C1. The van der Waals surface area contributed by atoms with E-state index in [2.05, 4.69) is 11.6 Å². The Morgan fingerprint density at radius 3 is 2.45 bits per heavy atom. The van der Waals surface area contributed by atoms with Crippen LogP contribution in [0.4, 0.5) is 13.2 Å². The Morgan fingerprint density at radius 1 is 1.20 bits per heavy atom. The van der Waals surface area contributed by atoms with Crippen LogP contribution in [0.3, 0.4) is 0 Å². The van der Waals surface area contributed by atoms with Gasteiger partial charge in [-0.15, -0.1) is 0 Å². The Balaban J connectivity index is 1.79. The second-order valence-electron chi connectivity index (χ2n) is 4.94. The second-order valence-corrected chi connectivity index (χ2v) is 7.22. The van der Waals surface area contributed by atoms with Gasteiger partial charge >= 0.3 is 5.51 Å². The van der Waals surface area contributed by atoms with Crippen molar-refractivity contribution in [2.24, 2.45) is 0 Å². The Morgan fingerprint density at radius 2 is 1.90 bits per heavy atom. The lowest BCUT2D eigenvalue weighted by molar-refractivity contribution is -0.0328. The van der Waals surface area contributed by atoms with Crippen molar-refractivity contribution in [3.63, 3.8) is 0 Å². The summed E-state index contributed by atoms with van der Waals surface area (Å²) in [4.78, 5) is 0.240. The average molecular weight is 321 g/mol. The van der Waals surface area contributed by atoms with E-state index in [1.54, 1.807) is 12.1 Å². The number of thioether (sulfide) groups is 2. The van der Waals surface area contributed by atoms with E-state index in [1.165, 1.54) is 31.4 Å². The van der Waals surface area contributed by atoms with Gasteiger partial charge < -0.3 is 5.32 Å². The molecule has 2 atom stereocenters. The monoisotopic (exact) mass is 321 g/mol. The first-order valence-corrected chi connectivity index (χ1v) is 8.67. The lowest BCUT2D eigenvalue weighted by Gasteiger charge is -2.13. The van der Waals surface area contributed by atoms with E-state index in [0.29, 0.717) is 6.04 Å². The average Bonchev–Trinajstić information content (AvgIpc) is 2.84. The van der Waals surface area contributed by atoms with Gasteiger partial charge in [0.2, 0.25) is 0 Å². The third kappa shape index (κ3) is 5.22. The maximum atomic E-state index is 12.2. The number of benzene rings is 1. The fraction of sp³-hybridized carbons (Fsp3) is 0.571. The van der Waals surface area contributed by atoms with Crippen LogP contribution in [0.25, 0.3) is 0 Å². The lowest BCUT2D eigenvalue weighted by atomic mass is 10.2. The first kappa shape index (κ1) is 16.0. The van der Waals surface area contributed by atoms with Gasteiger partial charge in [0.15, 0.2) is 0 Å². The maximum absolute atomic E-state index is 12.2. The Bertz CT molecular complexity index is 419. The highest BCUT2D eigenvalue weighted by atomic mass is 32.2. The summed E-state index contributed by atoms with van der Waals surface area (Å²) in [6.45, 7) is 0.725. The quantitative estimate of drug-likeness (QED) is 0.791. The summed E-state index contributed by atoms with van der Waals surface area (Å²) in [5, 5.41) is 4.24. The molecule has 0 aliphatic heterocycles. The molecule has 1 aliphatic rings.